The van der Waals surface area contributed by atoms with Gasteiger partial charge in [0.2, 0.25) is 0 Å². The van der Waals surface area contributed by atoms with E-state index in [2.05, 4.69) is 42.6 Å². The van der Waals surface area contributed by atoms with Crippen LogP contribution in [0.3, 0.4) is 0 Å². The molecule has 1 N–H and O–H groups in total. The molecule has 126 valence electrons. The van der Waals surface area contributed by atoms with E-state index in [0.717, 1.165) is 17.0 Å². The summed E-state index contributed by atoms with van der Waals surface area (Å²) >= 11 is 0. The molecular formula is C22H22N2O. The Kier molecular flexibility index (Phi) is 5.47. The second-order valence-corrected chi connectivity index (χ2v) is 6.03. The van der Waals surface area contributed by atoms with Gasteiger partial charge in [-0.1, -0.05) is 54.1 Å². The smallest absolute Gasteiger partial charge is 0.120 e. The lowest BCUT2D eigenvalue weighted by atomic mass is 10.1. The van der Waals surface area contributed by atoms with E-state index in [1.54, 1.807) is 6.21 Å². The lowest BCUT2D eigenvalue weighted by molar-refractivity contribution is 0.305. The molecule has 0 aromatic heterocycles. The quantitative estimate of drug-likeness (QED) is 0.489. The van der Waals surface area contributed by atoms with Gasteiger partial charge in [-0.15, -0.1) is 0 Å². The number of hydrogen-bond donors (Lipinski definition) is 1. The number of hydrazone groups is 1. The molecule has 0 saturated heterocycles. The predicted molar refractivity (Wildman–Crippen MR) is 104 cm³/mol. The van der Waals surface area contributed by atoms with Crippen LogP contribution in [0.25, 0.3) is 0 Å². The molecule has 3 nitrogen and oxygen atoms in total. The van der Waals surface area contributed by atoms with Crippen molar-refractivity contribution in [3.8, 4) is 5.75 Å². The van der Waals surface area contributed by atoms with Crippen molar-refractivity contribution in [2.45, 2.75) is 20.5 Å². The summed E-state index contributed by atoms with van der Waals surface area (Å²) in [6, 6.07) is 24.2. The molecule has 0 spiro atoms. The minimum absolute atomic E-state index is 0.566. The fourth-order valence-corrected chi connectivity index (χ4v) is 2.50. The molecule has 0 aliphatic heterocycles. The van der Waals surface area contributed by atoms with E-state index >= 15 is 0 Å². The predicted octanol–water partition coefficient (Wildman–Crippen LogP) is 5.33. The Bertz CT molecular complexity index is 857. The third-order valence-electron chi connectivity index (χ3n) is 3.94. The van der Waals surface area contributed by atoms with Crippen molar-refractivity contribution in [2.24, 2.45) is 5.10 Å². The summed E-state index contributed by atoms with van der Waals surface area (Å²) in [5, 5.41) is 4.27. The Hall–Kier alpha value is -3.07. The second kappa shape index (κ2) is 8.15. The molecule has 0 bridgehead atoms. The summed E-state index contributed by atoms with van der Waals surface area (Å²) in [5.74, 6) is 0.838. The van der Waals surface area contributed by atoms with Crippen LogP contribution >= 0.6 is 0 Å². The molecule has 0 aliphatic carbocycles. The lowest BCUT2D eigenvalue weighted by Crippen LogP contribution is -1.99. The third kappa shape index (κ3) is 4.95. The molecule has 0 heterocycles. The summed E-state index contributed by atoms with van der Waals surface area (Å²) in [6.07, 6.45) is 1.79. The molecule has 0 unspecified atom stereocenters. The van der Waals surface area contributed by atoms with Gasteiger partial charge in [0.05, 0.1) is 11.9 Å². The molecule has 0 atom stereocenters. The third-order valence-corrected chi connectivity index (χ3v) is 3.94. The number of benzene rings is 3. The SMILES string of the molecule is Cc1ccc(C)c(COc2cccc(C=NNc3ccccc3)c2)c1. The van der Waals surface area contributed by atoms with E-state index in [-0.39, 0.29) is 0 Å². The topological polar surface area (TPSA) is 33.6 Å². The van der Waals surface area contributed by atoms with Crippen LogP contribution < -0.4 is 10.2 Å². The first kappa shape index (κ1) is 16.8. The van der Waals surface area contributed by atoms with Gasteiger partial charge in [0.15, 0.2) is 0 Å². The Morgan fingerprint density at radius 3 is 2.60 bits per heavy atom. The zero-order chi connectivity index (χ0) is 17.5. The summed E-state index contributed by atoms with van der Waals surface area (Å²) in [7, 11) is 0. The van der Waals surface area contributed by atoms with Gasteiger partial charge in [-0.2, -0.15) is 5.10 Å². The van der Waals surface area contributed by atoms with Gasteiger partial charge in [0.1, 0.15) is 12.4 Å². The number of ether oxygens (including phenoxy) is 1. The van der Waals surface area contributed by atoms with Crippen LogP contribution in [0.15, 0.2) is 77.9 Å². The van der Waals surface area contributed by atoms with Crippen LogP contribution in [0.4, 0.5) is 5.69 Å². The molecule has 0 saturated carbocycles. The van der Waals surface area contributed by atoms with Crippen molar-refractivity contribution in [3.63, 3.8) is 0 Å². The maximum Gasteiger partial charge on any atom is 0.120 e. The standard InChI is InChI=1S/C22H22N2O/c1-17-11-12-18(2)20(13-17)16-25-22-10-6-7-19(14-22)15-23-24-21-8-4-3-5-9-21/h3-15,24H,16H2,1-2H3. The zero-order valence-corrected chi connectivity index (χ0v) is 14.6. The first-order valence-corrected chi connectivity index (χ1v) is 8.34. The lowest BCUT2D eigenvalue weighted by Gasteiger charge is -2.10. The minimum atomic E-state index is 0.566. The highest BCUT2D eigenvalue weighted by Crippen LogP contribution is 2.17. The Balaban J connectivity index is 1.62. The van der Waals surface area contributed by atoms with Crippen LogP contribution in [0.2, 0.25) is 0 Å². The Morgan fingerprint density at radius 1 is 0.920 bits per heavy atom. The second-order valence-electron chi connectivity index (χ2n) is 6.03. The van der Waals surface area contributed by atoms with Gasteiger partial charge in [-0.25, -0.2) is 0 Å². The molecule has 0 aliphatic rings. The highest BCUT2D eigenvalue weighted by Gasteiger charge is 2.01. The number of nitrogens with one attached hydrogen (secondary N) is 1. The normalized spacial score (nSPS) is 10.8. The van der Waals surface area contributed by atoms with Crippen LogP contribution in [-0.4, -0.2) is 6.21 Å². The van der Waals surface area contributed by atoms with Crippen LogP contribution in [-0.2, 0) is 6.61 Å². The molecule has 3 aromatic rings. The molecule has 25 heavy (non-hydrogen) atoms. The van der Waals surface area contributed by atoms with E-state index < -0.39 is 0 Å². The Morgan fingerprint density at radius 2 is 1.76 bits per heavy atom. The number of aryl methyl sites for hydroxylation is 2. The van der Waals surface area contributed by atoms with Crippen LogP contribution in [0, 0.1) is 13.8 Å². The van der Waals surface area contributed by atoms with E-state index in [4.69, 9.17) is 4.74 Å². The van der Waals surface area contributed by atoms with Gasteiger partial charge in [0, 0.05) is 0 Å². The fourth-order valence-electron chi connectivity index (χ4n) is 2.50. The van der Waals surface area contributed by atoms with Crippen molar-refractivity contribution < 1.29 is 4.74 Å². The summed E-state index contributed by atoms with van der Waals surface area (Å²) in [5.41, 5.74) is 8.67. The monoisotopic (exact) mass is 330 g/mol. The van der Waals surface area contributed by atoms with Gasteiger partial charge < -0.3 is 4.74 Å². The average molecular weight is 330 g/mol. The van der Waals surface area contributed by atoms with Gasteiger partial charge in [0.25, 0.3) is 0 Å². The van der Waals surface area contributed by atoms with Crippen molar-refractivity contribution >= 4 is 11.9 Å². The first-order valence-electron chi connectivity index (χ1n) is 8.34. The molecule has 3 heteroatoms. The molecule has 0 fully saturated rings. The average Bonchev–Trinajstić information content (AvgIpc) is 2.64. The fraction of sp³-hybridized carbons (Fsp3) is 0.136. The van der Waals surface area contributed by atoms with E-state index in [1.165, 1.54) is 16.7 Å². The van der Waals surface area contributed by atoms with Gasteiger partial charge >= 0.3 is 0 Å². The van der Waals surface area contributed by atoms with Gasteiger partial charge in [-0.3, -0.25) is 5.43 Å². The molecule has 0 radical (unpaired) electrons. The first-order chi connectivity index (χ1) is 12.2. The number of anilines is 1. The van der Waals surface area contributed by atoms with Crippen LogP contribution in [0.5, 0.6) is 5.75 Å². The van der Waals surface area contributed by atoms with Crippen molar-refractivity contribution in [1.82, 2.24) is 0 Å². The zero-order valence-electron chi connectivity index (χ0n) is 14.6. The number of para-hydroxylation sites is 1. The molecule has 3 rings (SSSR count). The van der Waals surface area contributed by atoms with Crippen molar-refractivity contribution in [2.75, 3.05) is 5.43 Å². The number of rotatable bonds is 6. The molecule has 3 aromatic carbocycles. The summed E-state index contributed by atoms with van der Waals surface area (Å²) in [4.78, 5) is 0. The maximum atomic E-state index is 5.95. The summed E-state index contributed by atoms with van der Waals surface area (Å²) in [6.45, 7) is 4.77. The van der Waals surface area contributed by atoms with E-state index in [9.17, 15) is 0 Å². The number of nitrogens with zero attached hydrogens (tertiary/aromatic N) is 1. The van der Waals surface area contributed by atoms with Crippen molar-refractivity contribution in [1.29, 1.82) is 0 Å². The highest BCUT2D eigenvalue weighted by molar-refractivity contribution is 5.80. The van der Waals surface area contributed by atoms with Crippen molar-refractivity contribution in [3.05, 3.63) is 95.1 Å². The summed E-state index contributed by atoms with van der Waals surface area (Å²) < 4.78 is 5.95. The molecule has 0 amide bonds. The molecular weight excluding hydrogens is 308 g/mol. The van der Waals surface area contributed by atoms with E-state index in [1.807, 2.05) is 54.6 Å². The largest absolute Gasteiger partial charge is 0.489 e. The number of hydrogen-bond acceptors (Lipinski definition) is 3. The van der Waals surface area contributed by atoms with E-state index in [0.29, 0.717) is 6.61 Å². The highest BCUT2D eigenvalue weighted by atomic mass is 16.5. The van der Waals surface area contributed by atoms with Crippen LogP contribution in [0.1, 0.15) is 22.3 Å². The minimum Gasteiger partial charge on any atom is -0.489 e. The Labute approximate surface area is 149 Å². The maximum absolute atomic E-state index is 5.95. The van der Waals surface area contributed by atoms with Gasteiger partial charge in [-0.05, 0) is 54.8 Å².